The first-order chi connectivity index (χ1) is 10.1. The number of rotatable bonds is 5. The molecule has 3 atom stereocenters. The van der Waals surface area contributed by atoms with Gasteiger partial charge < -0.3 is 9.84 Å². The molecule has 0 aliphatic carbocycles. The summed E-state index contributed by atoms with van der Waals surface area (Å²) in [6.45, 7) is 9.47. The molecule has 2 saturated heterocycles. The van der Waals surface area contributed by atoms with Crippen LogP contribution >= 0.6 is 0 Å². The summed E-state index contributed by atoms with van der Waals surface area (Å²) in [4.78, 5) is 4.61. The van der Waals surface area contributed by atoms with Crippen molar-refractivity contribution in [2.24, 2.45) is 0 Å². The molecule has 6 nitrogen and oxygen atoms in total. The van der Waals surface area contributed by atoms with E-state index in [0.717, 1.165) is 39.3 Å². The van der Waals surface area contributed by atoms with Gasteiger partial charge in [-0.25, -0.2) is 0 Å². The average Bonchev–Trinajstić information content (AvgIpc) is 2.85. The molecule has 2 aliphatic heterocycles. The first-order valence-electron chi connectivity index (χ1n) is 7.87. The van der Waals surface area contributed by atoms with Crippen LogP contribution < -0.4 is 0 Å². The molecule has 2 fully saturated rings. The Labute approximate surface area is 126 Å². The maximum atomic E-state index is 10.3. The van der Waals surface area contributed by atoms with E-state index in [9.17, 15) is 5.11 Å². The predicted octanol–water partition coefficient (Wildman–Crippen LogP) is 0.210. The Kier molecular flexibility index (Phi) is 4.59. The standard InChI is InChI=1S/C15H26N4O2/c1-12-6-17(7-13(2)21-12)10-15(20)11-18-8-14(9-18)19-5-3-4-16-19/h3-5,12-15,20H,6-11H2,1-2H3/t12-,13-,15+/m1/s1. The van der Waals surface area contributed by atoms with Crippen LogP contribution in [0.4, 0.5) is 0 Å². The van der Waals surface area contributed by atoms with Gasteiger partial charge in [0.1, 0.15) is 0 Å². The van der Waals surface area contributed by atoms with Crippen molar-refractivity contribution in [1.29, 1.82) is 0 Å². The third-order valence-corrected chi connectivity index (χ3v) is 4.27. The number of likely N-dealkylation sites (tertiary alicyclic amines) is 1. The average molecular weight is 294 g/mol. The largest absolute Gasteiger partial charge is 0.390 e. The summed E-state index contributed by atoms with van der Waals surface area (Å²) in [5.74, 6) is 0. The van der Waals surface area contributed by atoms with E-state index in [-0.39, 0.29) is 18.3 Å². The Bertz CT molecular complexity index is 423. The van der Waals surface area contributed by atoms with Crippen LogP contribution in [-0.2, 0) is 4.74 Å². The van der Waals surface area contributed by atoms with Gasteiger partial charge in [0, 0.05) is 51.7 Å². The van der Waals surface area contributed by atoms with Crippen LogP contribution in [0.2, 0.25) is 0 Å². The fourth-order valence-electron chi connectivity index (χ4n) is 3.44. The number of morpholine rings is 1. The van der Waals surface area contributed by atoms with Crippen molar-refractivity contribution < 1.29 is 9.84 Å². The summed E-state index contributed by atoms with van der Waals surface area (Å²) in [6, 6.07) is 2.42. The van der Waals surface area contributed by atoms with Gasteiger partial charge in [-0.05, 0) is 19.9 Å². The Balaban J connectivity index is 1.38. The van der Waals surface area contributed by atoms with Gasteiger partial charge in [-0.1, -0.05) is 0 Å². The minimum absolute atomic E-state index is 0.258. The SMILES string of the molecule is C[C@@H]1CN(C[C@H](O)CN2CC(n3cccn3)C2)C[C@@H](C)O1. The summed E-state index contributed by atoms with van der Waals surface area (Å²) >= 11 is 0. The Morgan fingerprint density at radius 3 is 2.33 bits per heavy atom. The third-order valence-electron chi connectivity index (χ3n) is 4.27. The second-order valence-corrected chi connectivity index (χ2v) is 6.49. The smallest absolute Gasteiger partial charge is 0.0793 e. The lowest BCUT2D eigenvalue weighted by molar-refractivity contribution is -0.0798. The molecule has 0 spiro atoms. The molecule has 0 bridgehead atoms. The van der Waals surface area contributed by atoms with Gasteiger partial charge in [0.2, 0.25) is 0 Å². The minimum atomic E-state index is -0.291. The van der Waals surface area contributed by atoms with E-state index in [1.54, 1.807) is 0 Å². The fourth-order valence-corrected chi connectivity index (χ4v) is 3.44. The second-order valence-electron chi connectivity index (χ2n) is 6.49. The second kappa shape index (κ2) is 6.44. The lowest BCUT2D eigenvalue weighted by Gasteiger charge is -2.41. The van der Waals surface area contributed by atoms with Crippen LogP contribution in [0, 0.1) is 0 Å². The van der Waals surface area contributed by atoms with Crippen LogP contribution in [0.25, 0.3) is 0 Å². The number of ether oxygens (including phenoxy) is 1. The van der Waals surface area contributed by atoms with E-state index in [0.29, 0.717) is 6.04 Å². The molecular weight excluding hydrogens is 268 g/mol. The molecule has 0 saturated carbocycles. The Morgan fingerprint density at radius 1 is 1.14 bits per heavy atom. The normalized spacial score (nSPS) is 30.2. The molecule has 0 aromatic carbocycles. The molecule has 0 unspecified atom stereocenters. The highest BCUT2D eigenvalue weighted by Gasteiger charge is 2.31. The zero-order valence-corrected chi connectivity index (χ0v) is 12.9. The van der Waals surface area contributed by atoms with Crippen molar-refractivity contribution in [1.82, 2.24) is 19.6 Å². The quantitative estimate of drug-likeness (QED) is 0.841. The molecule has 1 N–H and O–H groups in total. The van der Waals surface area contributed by atoms with Gasteiger partial charge >= 0.3 is 0 Å². The molecule has 3 rings (SSSR count). The molecule has 6 heteroatoms. The van der Waals surface area contributed by atoms with Crippen LogP contribution in [-0.4, -0.2) is 82.3 Å². The highest BCUT2D eigenvalue weighted by atomic mass is 16.5. The maximum Gasteiger partial charge on any atom is 0.0793 e. The molecule has 2 aliphatic rings. The van der Waals surface area contributed by atoms with Crippen molar-refractivity contribution in [2.75, 3.05) is 39.3 Å². The first kappa shape index (κ1) is 15.0. The lowest BCUT2D eigenvalue weighted by atomic mass is 10.1. The number of β-amino-alcohol motifs (C(OH)–C–C–N with tert-alkyl or cyclic N) is 1. The molecule has 118 valence electrons. The van der Waals surface area contributed by atoms with E-state index in [1.165, 1.54) is 0 Å². The van der Waals surface area contributed by atoms with E-state index >= 15 is 0 Å². The molecule has 0 radical (unpaired) electrons. The highest BCUT2D eigenvalue weighted by Crippen LogP contribution is 2.20. The van der Waals surface area contributed by atoms with Crippen molar-refractivity contribution in [2.45, 2.75) is 38.2 Å². The van der Waals surface area contributed by atoms with E-state index in [1.807, 2.05) is 23.1 Å². The van der Waals surface area contributed by atoms with Gasteiger partial charge in [0.15, 0.2) is 0 Å². The molecule has 1 aromatic heterocycles. The molecule has 3 heterocycles. The number of hydrogen-bond acceptors (Lipinski definition) is 5. The van der Waals surface area contributed by atoms with Crippen molar-refractivity contribution in [3.63, 3.8) is 0 Å². The number of aromatic nitrogens is 2. The number of hydrogen-bond donors (Lipinski definition) is 1. The Morgan fingerprint density at radius 2 is 1.76 bits per heavy atom. The summed E-state index contributed by atoms with van der Waals surface area (Å²) in [7, 11) is 0. The Hall–Kier alpha value is -0.950. The molecule has 21 heavy (non-hydrogen) atoms. The summed E-state index contributed by atoms with van der Waals surface area (Å²) in [5, 5.41) is 14.5. The van der Waals surface area contributed by atoms with Crippen LogP contribution in [0.5, 0.6) is 0 Å². The first-order valence-corrected chi connectivity index (χ1v) is 7.87. The number of aliphatic hydroxyl groups is 1. The number of nitrogens with zero attached hydrogens (tertiary/aromatic N) is 4. The van der Waals surface area contributed by atoms with Gasteiger partial charge in [-0.3, -0.25) is 14.5 Å². The van der Waals surface area contributed by atoms with Crippen LogP contribution in [0.15, 0.2) is 18.5 Å². The van der Waals surface area contributed by atoms with E-state index in [4.69, 9.17) is 4.74 Å². The van der Waals surface area contributed by atoms with Crippen molar-refractivity contribution in [3.8, 4) is 0 Å². The van der Waals surface area contributed by atoms with Gasteiger partial charge in [-0.2, -0.15) is 5.10 Å². The van der Waals surface area contributed by atoms with E-state index in [2.05, 4.69) is 28.7 Å². The maximum absolute atomic E-state index is 10.3. The van der Waals surface area contributed by atoms with Crippen molar-refractivity contribution in [3.05, 3.63) is 18.5 Å². The lowest BCUT2D eigenvalue weighted by Crippen LogP contribution is -2.54. The van der Waals surface area contributed by atoms with E-state index < -0.39 is 0 Å². The number of aliphatic hydroxyl groups excluding tert-OH is 1. The van der Waals surface area contributed by atoms with Crippen LogP contribution in [0.3, 0.4) is 0 Å². The topological polar surface area (TPSA) is 53.8 Å². The van der Waals surface area contributed by atoms with Crippen molar-refractivity contribution >= 4 is 0 Å². The highest BCUT2D eigenvalue weighted by molar-refractivity contribution is 4.90. The van der Waals surface area contributed by atoms with Gasteiger partial charge in [0.25, 0.3) is 0 Å². The van der Waals surface area contributed by atoms with Crippen LogP contribution in [0.1, 0.15) is 19.9 Å². The molecular formula is C15H26N4O2. The van der Waals surface area contributed by atoms with Gasteiger partial charge in [-0.15, -0.1) is 0 Å². The summed E-state index contributed by atoms with van der Waals surface area (Å²) in [5.41, 5.74) is 0. The zero-order valence-electron chi connectivity index (χ0n) is 12.9. The third kappa shape index (κ3) is 3.83. The monoisotopic (exact) mass is 294 g/mol. The summed E-state index contributed by atoms with van der Waals surface area (Å²) in [6.07, 6.45) is 4.05. The molecule has 1 aromatic rings. The molecule has 0 amide bonds. The zero-order chi connectivity index (χ0) is 14.8. The van der Waals surface area contributed by atoms with Gasteiger partial charge in [0.05, 0.1) is 24.4 Å². The summed E-state index contributed by atoms with van der Waals surface area (Å²) < 4.78 is 7.73. The predicted molar refractivity (Wildman–Crippen MR) is 80.2 cm³/mol. The minimum Gasteiger partial charge on any atom is -0.390 e. The fraction of sp³-hybridized carbons (Fsp3) is 0.800.